The summed E-state index contributed by atoms with van der Waals surface area (Å²) >= 11 is 1.61. The highest BCUT2D eigenvalue weighted by atomic mass is 32.1. The van der Waals surface area contributed by atoms with Crippen molar-refractivity contribution in [1.82, 2.24) is 9.97 Å². The van der Waals surface area contributed by atoms with Crippen molar-refractivity contribution in [3.8, 4) is 11.4 Å². The zero-order valence-corrected chi connectivity index (χ0v) is 12.0. The highest BCUT2D eigenvalue weighted by Crippen LogP contribution is 2.22. The Balaban J connectivity index is 2.35. The van der Waals surface area contributed by atoms with Crippen molar-refractivity contribution in [1.29, 1.82) is 0 Å². The lowest BCUT2D eigenvalue weighted by molar-refractivity contribution is -0.141. The molecule has 5 heteroatoms. The van der Waals surface area contributed by atoms with E-state index in [0.717, 1.165) is 22.5 Å². The van der Waals surface area contributed by atoms with Gasteiger partial charge < -0.3 is 5.11 Å². The maximum atomic E-state index is 10.9. The molecule has 2 aromatic rings. The van der Waals surface area contributed by atoms with Crippen molar-refractivity contribution in [3.63, 3.8) is 0 Å². The number of aromatic nitrogens is 2. The summed E-state index contributed by atoms with van der Waals surface area (Å²) in [6.45, 7) is 5.52. The SMILES string of the molecule is Cc1nc(-c2ccsc2)nc(C)c1CC(C)C(=O)O. The largest absolute Gasteiger partial charge is 0.481 e. The second-order valence-corrected chi connectivity index (χ2v) is 5.43. The summed E-state index contributed by atoms with van der Waals surface area (Å²) in [6.07, 6.45) is 0.469. The Labute approximate surface area is 116 Å². The highest BCUT2D eigenvalue weighted by Gasteiger charge is 2.17. The molecule has 0 radical (unpaired) electrons. The molecule has 0 spiro atoms. The average Bonchev–Trinajstić information content (AvgIpc) is 2.86. The second kappa shape index (κ2) is 5.48. The van der Waals surface area contributed by atoms with Crippen LogP contribution in [-0.2, 0) is 11.2 Å². The Hall–Kier alpha value is -1.75. The second-order valence-electron chi connectivity index (χ2n) is 4.65. The average molecular weight is 276 g/mol. The molecular weight excluding hydrogens is 260 g/mol. The van der Waals surface area contributed by atoms with Crippen LogP contribution in [0.3, 0.4) is 0 Å². The zero-order chi connectivity index (χ0) is 14.0. The van der Waals surface area contributed by atoms with Crippen LogP contribution in [0, 0.1) is 19.8 Å². The molecule has 4 nitrogen and oxygen atoms in total. The number of carboxylic acids is 1. The highest BCUT2D eigenvalue weighted by molar-refractivity contribution is 7.08. The third kappa shape index (κ3) is 2.98. The van der Waals surface area contributed by atoms with Gasteiger partial charge in [0.05, 0.1) is 5.92 Å². The minimum absolute atomic E-state index is 0.423. The molecule has 0 aliphatic carbocycles. The summed E-state index contributed by atoms with van der Waals surface area (Å²) in [4.78, 5) is 19.9. The van der Waals surface area contributed by atoms with Gasteiger partial charge in [-0.15, -0.1) is 0 Å². The van der Waals surface area contributed by atoms with Gasteiger partial charge in [0.25, 0.3) is 0 Å². The van der Waals surface area contributed by atoms with Gasteiger partial charge in [0.15, 0.2) is 5.82 Å². The van der Waals surface area contributed by atoms with Crippen molar-refractivity contribution in [2.75, 3.05) is 0 Å². The number of hydrogen-bond acceptors (Lipinski definition) is 4. The zero-order valence-electron chi connectivity index (χ0n) is 11.2. The fourth-order valence-electron chi connectivity index (χ4n) is 1.95. The Morgan fingerprint density at radius 2 is 2.00 bits per heavy atom. The topological polar surface area (TPSA) is 63.1 Å². The van der Waals surface area contributed by atoms with Crippen molar-refractivity contribution < 1.29 is 9.90 Å². The van der Waals surface area contributed by atoms with Gasteiger partial charge in [-0.3, -0.25) is 4.79 Å². The van der Waals surface area contributed by atoms with Gasteiger partial charge in [-0.25, -0.2) is 9.97 Å². The molecule has 0 amide bonds. The predicted octanol–water partition coefficient (Wildman–Crippen LogP) is 3.09. The third-order valence-corrected chi connectivity index (χ3v) is 3.82. The molecule has 100 valence electrons. The maximum absolute atomic E-state index is 10.9. The Morgan fingerprint density at radius 1 is 1.37 bits per heavy atom. The minimum atomic E-state index is -0.791. The summed E-state index contributed by atoms with van der Waals surface area (Å²) in [5, 5.41) is 13.0. The van der Waals surface area contributed by atoms with E-state index in [4.69, 9.17) is 5.11 Å². The van der Waals surface area contributed by atoms with E-state index < -0.39 is 11.9 Å². The van der Waals surface area contributed by atoms with E-state index in [2.05, 4.69) is 9.97 Å². The summed E-state index contributed by atoms with van der Waals surface area (Å²) in [5.74, 6) is -0.503. The Morgan fingerprint density at radius 3 is 2.47 bits per heavy atom. The summed E-state index contributed by atoms with van der Waals surface area (Å²) in [5.41, 5.74) is 3.67. The maximum Gasteiger partial charge on any atom is 0.306 e. The lowest BCUT2D eigenvalue weighted by atomic mass is 9.99. The lowest BCUT2D eigenvalue weighted by Gasteiger charge is -2.12. The number of hydrogen-bond donors (Lipinski definition) is 1. The van der Waals surface area contributed by atoms with Crippen LogP contribution in [0.2, 0.25) is 0 Å². The number of thiophene rings is 1. The van der Waals surface area contributed by atoms with Crippen LogP contribution < -0.4 is 0 Å². The lowest BCUT2D eigenvalue weighted by Crippen LogP contribution is -2.15. The molecule has 1 unspecified atom stereocenters. The van der Waals surface area contributed by atoms with Gasteiger partial charge in [0.2, 0.25) is 0 Å². The number of aryl methyl sites for hydroxylation is 2. The fourth-order valence-corrected chi connectivity index (χ4v) is 2.58. The summed E-state index contributed by atoms with van der Waals surface area (Å²) in [7, 11) is 0. The minimum Gasteiger partial charge on any atom is -0.481 e. The van der Waals surface area contributed by atoms with Crippen molar-refractivity contribution in [2.24, 2.45) is 5.92 Å². The number of rotatable bonds is 4. The van der Waals surface area contributed by atoms with E-state index in [1.165, 1.54) is 0 Å². The third-order valence-electron chi connectivity index (χ3n) is 3.13. The van der Waals surface area contributed by atoms with Crippen LogP contribution in [0.1, 0.15) is 23.9 Å². The molecule has 0 bridgehead atoms. The first-order chi connectivity index (χ1) is 8.99. The van der Waals surface area contributed by atoms with E-state index in [-0.39, 0.29) is 0 Å². The molecule has 0 aliphatic heterocycles. The van der Waals surface area contributed by atoms with Crippen molar-refractivity contribution >= 4 is 17.3 Å². The molecule has 19 heavy (non-hydrogen) atoms. The fraction of sp³-hybridized carbons (Fsp3) is 0.357. The summed E-state index contributed by atoms with van der Waals surface area (Å²) < 4.78 is 0. The van der Waals surface area contributed by atoms with E-state index in [1.54, 1.807) is 18.3 Å². The summed E-state index contributed by atoms with van der Waals surface area (Å²) in [6, 6.07) is 1.98. The van der Waals surface area contributed by atoms with Crippen LogP contribution in [0.4, 0.5) is 0 Å². The molecule has 0 saturated heterocycles. The monoisotopic (exact) mass is 276 g/mol. The molecule has 2 rings (SSSR count). The van der Waals surface area contributed by atoms with Crippen LogP contribution >= 0.6 is 11.3 Å². The number of nitrogens with zero attached hydrogens (tertiary/aromatic N) is 2. The van der Waals surface area contributed by atoms with Crippen LogP contribution in [0.25, 0.3) is 11.4 Å². The number of aliphatic carboxylic acids is 1. The number of carboxylic acid groups (broad SMARTS) is 1. The molecule has 0 saturated carbocycles. The predicted molar refractivity (Wildman–Crippen MR) is 75.3 cm³/mol. The van der Waals surface area contributed by atoms with Crippen molar-refractivity contribution in [3.05, 3.63) is 33.8 Å². The van der Waals surface area contributed by atoms with E-state index >= 15 is 0 Å². The molecule has 2 aromatic heterocycles. The molecule has 0 aliphatic rings. The Kier molecular flexibility index (Phi) is 3.95. The van der Waals surface area contributed by atoms with Crippen LogP contribution in [0.5, 0.6) is 0 Å². The smallest absolute Gasteiger partial charge is 0.306 e. The molecule has 0 fully saturated rings. The van der Waals surface area contributed by atoms with Crippen molar-refractivity contribution in [2.45, 2.75) is 27.2 Å². The molecular formula is C14H16N2O2S. The molecule has 1 atom stereocenters. The van der Waals surface area contributed by atoms with E-state index in [1.807, 2.05) is 30.7 Å². The first-order valence-corrected chi connectivity index (χ1v) is 7.02. The first kappa shape index (κ1) is 13.7. The Bertz CT molecular complexity index is 570. The van der Waals surface area contributed by atoms with Gasteiger partial charge in [0.1, 0.15) is 0 Å². The molecule has 1 N–H and O–H groups in total. The standard InChI is InChI=1S/C14H16N2O2S/c1-8(14(17)18)6-12-9(2)15-13(16-10(12)3)11-4-5-19-7-11/h4-5,7-8H,6H2,1-3H3,(H,17,18). The molecule has 2 heterocycles. The van der Waals surface area contributed by atoms with Gasteiger partial charge in [-0.2, -0.15) is 11.3 Å². The van der Waals surface area contributed by atoms with Crippen LogP contribution in [-0.4, -0.2) is 21.0 Å². The van der Waals surface area contributed by atoms with Gasteiger partial charge in [-0.05, 0) is 37.3 Å². The molecule has 0 aromatic carbocycles. The van der Waals surface area contributed by atoms with Crippen LogP contribution in [0.15, 0.2) is 16.8 Å². The van der Waals surface area contributed by atoms with E-state index in [0.29, 0.717) is 12.2 Å². The van der Waals surface area contributed by atoms with Gasteiger partial charge in [0, 0.05) is 22.3 Å². The quantitative estimate of drug-likeness (QED) is 0.932. The normalized spacial score (nSPS) is 12.4. The van der Waals surface area contributed by atoms with Gasteiger partial charge >= 0.3 is 5.97 Å². The number of carbonyl (C=O) groups is 1. The first-order valence-electron chi connectivity index (χ1n) is 6.08. The van der Waals surface area contributed by atoms with E-state index in [9.17, 15) is 4.79 Å². The van der Waals surface area contributed by atoms with Gasteiger partial charge in [-0.1, -0.05) is 6.92 Å².